The molecular formula is C2H4NNaO5. The van der Waals surface area contributed by atoms with Gasteiger partial charge in [-0.3, -0.25) is 4.79 Å². The molecule has 0 atom stereocenters. The minimum atomic E-state index is -1.36. The van der Waals surface area contributed by atoms with E-state index >= 15 is 0 Å². The zero-order valence-corrected chi connectivity index (χ0v) is 6.73. The van der Waals surface area contributed by atoms with Gasteiger partial charge >= 0.3 is 35.5 Å². The van der Waals surface area contributed by atoms with Crippen molar-refractivity contribution in [3.05, 3.63) is 10.1 Å². The summed E-state index contributed by atoms with van der Waals surface area (Å²) in [6.07, 6.45) is 0. The normalized spacial score (nSPS) is 7.11. The van der Waals surface area contributed by atoms with Crippen LogP contribution in [0.2, 0.25) is 0 Å². The van der Waals surface area contributed by atoms with E-state index in [0.29, 0.717) is 0 Å². The molecule has 0 aromatic carbocycles. The number of rotatable bonds is 3. The Morgan fingerprint density at radius 2 is 2.33 bits per heavy atom. The molecule has 0 bridgehead atoms. The van der Waals surface area contributed by atoms with Gasteiger partial charge in [0.05, 0.1) is 0 Å². The van der Waals surface area contributed by atoms with Crippen molar-refractivity contribution in [2.75, 3.05) is 6.61 Å². The molecular weight excluding hydrogens is 141 g/mol. The standard InChI is InChI=1S/C2H3NO5.Na.H/c4-2(5)1-8-3(6)7;;/h1H2,(H,4,5);;/q;+1;-1. The van der Waals surface area contributed by atoms with Crippen LogP contribution in [0.1, 0.15) is 1.43 Å². The van der Waals surface area contributed by atoms with Crippen molar-refractivity contribution in [1.82, 2.24) is 0 Å². The van der Waals surface area contributed by atoms with Crippen LogP contribution in [0.3, 0.4) is 0 Å². The van der Waals surface area contributed by atoms with E-state index in [4.69, 9.17) is 5.11 Å². The fourth-order valence-corrected chi connectivity index (χ4v) is 0.108. The summed E-state index contributed by atoms with van der Waals surface area (Å²) in [7, 11) is 0. The van der Waals surface area contributed by atoms with Gasteiger partial charge in [0, 0.05) is 0 Å². The van der Waals surface area contributed by atoms with Crippen LogP contribution in [0.25, 0.3) is 0 Å². The molecule has 9 heavy (non-hydrogen) atoms. The molecule has 0 amide bonds. The van der Waals surface area contributed by atoms with Crippen molar-refractivity contribution >= 4 is 5.97 Å². The molecule has 0 aromatic rings. The molecule has 0 aliphatic carbocycles. The molecule has 0 rings (SSSR count). The second-order valence-corrected chi connectivity index (χ2v) is 0.891. The van der Waals surface area contributed by atoms with Crippen molar-refractivity contribution in [1.29, 1.82) is 0 Å². The number of carboxylic acids is 1. The second-order valence-electron chi connectivity index (χ2n) is 0.891. The summed E-state index contributed by atoms with van der Waals surface area (Å²) in [5.41, 5.74) is 0. The molecule has 0 saturated carbocycles. The van der Waals surface area contributed by atoms with Gasteiger partial charge in [-0.25, -0.2) is 0 Å². The Morgan fingerprint density at radius 1 is 1.89 bits per heavy atom. The van der Waals surface area contributed by atoms with E-state index in [1.54, 1.807) is 0 Å². The molecule has 1 N–H and O–H groups in total. The van der Waals surface area contributed by atoms with E-state index < -0.39 is 17.7 Å². The van der Waals surface area contributed by atoms with E-state index in [2.05, 4.69) is 4.84 Å². The Morgan fingerprint density at radius 3 is 2.44 bits per heavy atom. The maximum atomic E-state index is 9.47. The van der Waals surface area contributed by atoms with Gasteiger partial charge in [-0.1, -0.05) is 0 Å². The van der Waals surface area contributed by atoms with E-state index in [1.165, 1.54) is 0 Å². The Bertz CT molecular complexity index is 104. The average Bonchev–Trinajstić information content (AvgIpc) is 1.61. The molecule has 0 saturated heterocycles. The fourth-order valence-electron chi connectivity index (χ4n) is 0.108. The van der Waals surface area contributed by atoms with Gasteiger partial charge in [-0.15, -0.1) is 10.1 Å². The van der Waals surface area contributed by atoms with Crippen LogP contribution >= 0.6 is 0 Å². The molecule has 0 aliphatic heterocycles. The number of aliphatic carboxylic acids is 1. The molecule has 6 nitrogen and oxygen atoms in total. The average molecular weight is 145 g/mol. The summed E-state index contributed by atoms with van der Waals surface area (Å²) >= 11 is 0. The van der Waals surface area contributed by atoms with E-state index in [9.17, 15) is 14.9 Å². The zero-order valence-electron chi connectivity index (χ0n) is 5.73. The van der Waals surface area contributed by atoms with Crippen LogP contribution < -0.4 is 29.6 Å². The first-order chi connectivity index (χ1) is 3.63. The Hall–Kier alpha value is -0.330. The number of carboxylic acid groups (broad SMARTS) is 1. The van der Waals surface area contributed by atoms with E-state index in [0.717, 1.165) is 0 Å². The van der Waals surface area contributed by atoms with Crippen molar-refractivity contribution in [3.63, 3.8) is 0 Å². The third-order valence-corrected chi connectivity index (χ3v) is 0.293. The van der Waals surface area contributed by atoms with Gasteiger partial charge in [0.1, 0.15) is 0 Å². The molecule has 0 spiro atoms. The third-order valence-electron chi connectivity index (χ3n) is 0.293. The van der Waals surface area contributed by atoms with Crippen LogP contribution in [-0.4, -0.2) is 22.8 Å². The predicted octanol–water partition coefficient (Wildman–Crippen LogP) is -3.60. The number of hydrogen-bond donors (Lipinski definition) is 1. The topological polar surface area (TPSA) is 89.7 Å². The SMILES string of the molecule is O=C(O)CO[N+](=O)[O-].[H-].[Na+]. The second kappa shape index (κ2) is 5.80. The molecule has 0 aliphatic rings. The summed E-state index contributed by atoms with van der Waals surface area (Å²) in [5, 5.41) is 15.8. The molecule has 0 fully saturated rings. The van der Waals surface area contributed by atoms with Crippen molar-refractivity contribution in [2.45, 2.75) is 0 Å². The summed E-state index contributed by atoms with van der Waals surface area (Å²) in [4.78, 5) is 22.1. The Kier molecular flexibility index (Phi) is 7.39. The minimum Gasteiger partial charge on any atom is -1.00 e. The van der Waals surface area contributed by atoms with Gasteiger partial charge in [0.15, 0.2) is 6.61 Å². The predicted molar refractivity (Wildman–Crippen MR) is 21.7 cm³/mol. The van der Waals surface area contributed by atoms with Gasteiger partial charge in [-0.2, -0.15) is 0 Å². The Labute approximate surface area is 73.7 Å². The maximum Gasteiger partial charge on any atom is 1.00 e. The van der Waals surface area contributed by atoms with Crippen LogP contribution in [0.15, 0.2) is 0 Å². The summed E-state index contributed by atoms with van der Waals surface area (Å²) in [5.74, 6) is -1.36. The first-order valence-corrected chi connectivity index (χ1v) is 1.62. The van der Waals surface area contributed by atoms with Crippen LogP contribution in [0.5, 0.6) is 0 Å². The smallest absolute Gasteiger partial charge is 1.00 e. The number of carbonyl (C=O) groups is 1. The van der Waals surface area contributed by atoms with Crippen molar-refractivity contribution in [3.8, 4) is 0 Å². The zero-order chi connectivity index (χ0) is 6.57. The van der Waals surface area contributed by atoms with E-state index in [-0.39, 0.29) is 31.0 Å². The van der Waals surface area contributed by atoms with E-state index in [1.807, 2.05) is 0 Å². The van der Waals surface area contributed by atoms with Crippen LogP contribution in [-0.2, 0) is 9.63 Å². The summed E-state index contributed by atoms with van der Waals surface area (Å²) < 4.78 is 0. The summed E-state index contributed by atoms with van der Waals surface area (Å²) in [6, 6.07) is 0. The third kappa shape index (κ3) is 11.3. The fraction of sp³-hybridized carbons (Fsp3) is 0.500. The van der Waals surface area contributed by atoms with Gasteiger partial charge in [0.25, 0.3) is 5.09 Å². The van der Waals surface area contributed by atoms with Crippen molar-refractivity contribution in [2.24, 2.45) is 0 Å². The van der Waals surface area contributed by atoms with Gasteiger partial charge in [-0.05, 0) is 0 Å². The first kappa shape index (κ1) is 11.5. The molecule has 48 valence electrons. The first-order valence-electron chi connectivity index (χ1n) is 1.62. The molecule has 0 heterocycles. The minimum absolute atomic E-state index is 0. The van der Waals surface area contributed by atoms with Crippen LogP contribution in [0, 0.1) is 10.1 Å². The quantitative estimate of drug-likeness (QED) is 0.251. The van der Waals surface area contributed by atoms with Crippen molar-refractivity contribution < 1.29 is 50.8 Å². The van der Waals surface area contributed by atoms with Crippen LogP contribution in [0.4, 0.5) is 0 Å². The van der Waals surface area contributed by atoms with Gasteiger partial charge < -0.3 is 11.4 Å². The maximum absolute atomic E-state index is 9.47. The molecule has 0 aromatic heterocycles. The number of hydrogen-bond acceptors (Lipinski definition) is 4. The van der Waals surface area contributed by atoms with Gasteiger partial charge in [0.2, 0.25) is 0 Å². The molecule has 0 unspecified atom stereocenters. The molecule has 7 heteroatoms. The largest absolute Gasteiger partial charge is 1.00 e. The monoisotopic (exact) mass is 145 g/mol. The summed E-state index contributed by atoms with van der Waals surface area (Å²) in [6.45, 7) is -0.896. The number of nitrogens with zero attached hydrogens (tertiary/aromatic N) is 1. The molecule has 0 radical (unpaired) electrons. The Balaban J connectivity index is -0.000000245.